The third kappa shape index (κ3) is 2.74. The fourth-order valence-electron chi connectivity index (χ4n) is 1.46. The fraction of sp³-hybridized carbons (Fsp3) is 0. The Kier molecular flexibility index (Phi) is 3.51. The van der Waals surface area contributed by atoms with Gasteiger partial charge in [-0.15, -0.1) is 0 Å². The van der Waals surface area contributed by atoms with Crippen molar-refractivity contribution >= 4 is 6.29 Å². The summed E-state index contributed by atoms with van der Waals surface area (Å²) in [5.41, 5.74) is 0.872. The van der Waals surface area contributed by atoms with Gasteiger partial charge >= 0.3 is 0 Å². The number of aromatic nitrogens is 1. The maximum Gasteiger partial charge on any atom is 0.150 e. The minimum absolute atomic E-state index is 0.223. The van der Waals surface area contributed by atoms with Gasteiger partial charge in [0.15, 0.2) is 0 Å². The van der Waals surface area contributed by atoms with Crippen molar-refractivity contribution in [1.29, 1.82) is 10.5 Å². The van der Waals surface area contributed by atoms with Gasteiger partial charge in [-0.25, -0.2) is 4.98 Å². The Bertz CT molecular complexity index is 711. The Hall–Kier alpha value is -3.18. The molecule has 1 aromatic carbocycles. The normalized spacial score (nSPS) is 9.16. The van der Waals surface area contributed by atoms with Crippen molar-refractivity contribution in [3.8, 4) is 23.6 Å². The molecular formula is C14H7N3O2. The predicted molar refractivity (Wildman–Crippen MR) is 65.6 cm³/mol. The molecule has 0 N–H and O–H groups in total. The molecule has 0 fully saturated rings. The van der Waals surface area contributed by atoms with Crippen molar-refractivity contribution in [2.24, 2.45) is 0 Å². The molecule has 0 aliphatic heterocycles. The zero-order valence-electron chi connectivity index (χ0n) is 9.70. The molecule has 0 aliphatic rings. The van der Waals surface area contributed by atoms with Crippen LogP contribution in [0.25, 0.3) is 0 Å². The van der Waals surface area contributed by atoms with Crippen molar-refractivity contribution < 1.29 is 9.53 Å². The van der Waals surface area contributed by atoms with E-state index in [4.69, 9.17) is 15.3 Å². The quantitative estimate of drug-likeness (QED) is 0.779. The lowest BCUT2D eigenvalue weighted by Crippen LogP contribution is -1.91. The third-order valence-corrected chi connectivity index (χ3v) is 2.33. The van der Waals surface area contributed by atoms with Gasteiger partial charge in [0.2, 0.25) is 0 Å². The van der Waals surface area contributed by atoms with Crippen molar-refractivity contribution in [3.05, 3.63) is 53.3 Å². The molecule has 0 radical (unpaired) electrons. The first-order chi connectivity index (χ1) is 9.26. The summed E-state index contributed by atoms with van der Waals surface area (Å²) in [6.45, 7) is 0. The molecule has 5 nitrogen and oxygen atoms in total. The van der Waals surface area contributed by atoms with Crippen LogP contribution in [0, 0.1) is 22.7 Å². The largest absolute Gasteiger partial charge is 0.456 e. The van der Waals surface area contributed by atoms with E-state index in [-0.39, 0.29) is 11.3 Å². The third-order valence-electron chi connectivity index (χ3n) is 2.33. The number of benzene rings is 1. The Labute approximate surface area is 109 Å². The van der Waals surface area contributed by atoms with Gasteiger partial charge in [-0.2, -0.15) is 10.5 Å². The average Bonchev–Trinajstić information content (AvgIpc) is 2.48. The Morgan fingerprint density at radius 1 is 1.16 bits per heavy atom. The van der Waals surface area contributed by atoms with Gasteiger partial charge in [-0.05, 0) is 24.3 Å². The molecule has 0 atom stereocenters. The highest BCUT2D eigenvalue weighted by Gasteiger charge is 2.06. The molecule has 0 saturated heterocycles. The molecule has 90 valence electrons. The van der Waals surface area contributed by atoms with Crippen LogP contribution >= 0.6 is 0 Å². The Morgan fingerprint density at radius 2 is 2.00 bits per heavy atom. The summed E-state index contributed by atoms with van der Waals surface area (Å²) in [7, 11) is 0. The first kappa shape index (κ1) is 12.3. The van der Waals surface area contributed by atoms with E-state index in [1.54, 1.807) is 12.1 Å². The van der Waals surface area contributed by atoms with E-state index in [0.29, 0.717) is 23.3 Å². The van der Waals surface area contributed by atoms with Crippen LogP contribution < -0.4 is 4.74 Å². The summed E-state index contributed by atoms with van der Waals surface area (Å²) in [5.74, 6) is 0.727. The molecule has 2 rings (SSSR count). The average molecular weight is 249 g/mol. The zero-order valence-corrected chi connectivity index (χ0v) is 9.70. The number of nitrogens with zero attached hydrogens (tertiary/aromatic N) is 3. The first-order valence-corrected chi connectivity index (χ1v) is 5.30. The minimum atomic E-state index is 0.223. The summed E-state index contributed by atoms with van der Waals surface area (Å²) in [6, 6.07) is 11.4. The van der Waals surface area contributed by atoms with E-state index in [0.717, 1.165) is 0 Å². The molecule has 0 saturated carbocycles. The molecule has 1 heterocycles. The lowest BCUT2D eigenvalue weighted by atomic mass is 10.1. The monoisotopic (exact) mass is 249 g/mol. The standard InChI is InChI=1S/C14H7N3O2/c15-7-11-5-10(9-18)1-2-14(11)19-13-3-4-17-12(6-13)8-16/h1-6,9H. The van der Waals surface area contributed by atoms with Crippen LogP contribution in [0.4, 0.5) is 0 Å². The molecule has 5 heteroatoms. The van der Waals surface area contributed by atoms with Gasteiger partial charge < -0.3 is 4.74 Å². The summed E-state index contributed by atoms with van der Waals surface area (Å²) < 4.78 is 5.51. The summed E-state index contributed by atoms with van der Waals surface area (Å²) in [6.07, 6.45) is 2.10. The molecule has 0 unspecified atom stereocenters. The number of nitriles is 2. The molecule has 19 heavy (non-hydrogen) atoms. The highest BCUT2D eigenvalue weighted by atomic mass is 16.5. The highest BCUT2D eigenvalue weighted by molar-refractivity contribution is 5.76. The molecule has 0 spiro atoms. The highest BCUT2D eigenvalue weighted by Crippen LogP contribution is 2.25. The van der Waals surface area contributed by atoms with Gasteiger partial charge in [0.25, 0.3) is 0 Å². The number of ether oxygens (including phenoxy) is 1. The Balaban J connectivity index is 2.36. The molecule has 0 bridgehead atoms. The van der Waals surface area contributed by atoms with Crippen molar-refractivity contribution in [1.82, 2.24) is 4.98 Å². The minimum Gasteiger partial charge on any atom is -0.456 e. The van der Waals surface area contributed by atoms with Crippen LogP contribution in [0.2, 0.25) is 0 Å². The van der Waals surface area contributed by atoms with Gasteiger partial charge in [0.05, 0.1) is 5.56 Å². The van der Waals surface area contributed by atoms with E-state index in [1.165, 1.54) is 24.4 Å². The van der Waals surface area contributed by atoms with E-state index >= 15 is 0 Å². The van der Waals surface area contributed by atoms with Gasteiger partial charge in [0.1, 0.15) is 35.6 Å². The van der Waals surface area contributed by atoms with Crippen molar-refractivity contribution in [3.63, 3.8) is 0 Å². The predicted octanol–water partition coefficient (Wildman–Crippen LogP) is 2.43. The number of hydrogen-bond donors (Lipinski definition) is 0. The molecule has 0 aliphatic carbocycles. The Morgan fingerprint density at radius 3 is 2.68 bits per heavy atom. The van der Waals surface area contributed by atoms with E-state index in [9.17, 15) is 4.79 Å². The van der Waals surface area contributed by atoms with E-state index in [2.05, 4.69) is 4.98 Å². The van der Waals surface area contributed by atoms with Crippen molar-refractivity contribution in [2.75, 3.05) is 0 Å². The number of pyridine rings is 1. The van der Waals surface area contributed by atoms with Crippen LogP contribution in [0.15, 0.2) is 36.5 Å². The number of aldehydes is 1. The number of carbonyl (C=O) groups is 1. The maximum absolute atomic E-state index is 10.6. The topological polar surface area (TPSA) is 86.8 Å². The smallest absolute Gasteiger partial charge is 0.150 e. The van der Waals surface area contributed by atoms with Crippen LogP contribution in [-0.4, -0.2) is 11.3 Å². The van der Waals surface area contributed by atoms with Gasteiger partial charge in [-0.3, -0.25) is 4.79 Å². The number of carbonyl (C=O) groups excluding carboxylic acids is 1. The molecular weight excluding hydrogens is 242 g/mol. The lowest BCUT2D eigenvalue weighted by Gasteiger charge is -2.07. The second-order valence-corrected chi connectivity index (χ2v) is 3.58. The van der Waals surface area contributed by atoms with Crippen LogP contribution in [0.1, 0.15) is 21.6 Å². The zero-order chi connectivity index (χ0) is 13.7. The second-order valence-electron chi connectivity index (χ2n) is 3.58. The maximum atomic E-state index is 10.6. The lowest BCUT2D eigenvalue weighted by molar-refractivity contribution is 0.112. The number of rotatable bonds is 3. The molecule has 0 amide bonds. The molecule has 1 aromatic heterocycles. The van der Waals surface area contributed by atoms with Crippen molar-refractivity contribution in [2.45, 2.75) is 0 Å². The van der Waals surface area contributed by atoms with Crippen LogP contribution in [-0.2, 0) is 0 Å². The van der Waals surface area contributed by atoms with E-state index in [1.807, 2.05) is 12.1 Å². The fourth-order valence-corrected chi connectivity index (χ4v) is 1.46. The second kappa shape index (κ2) is 5.44. The van der Waals surface area contributed by atoms with Crippen LogP contribution in [0.5, 0.6) is 11.5 Å². The van der Waals surface area contributed by atoms with E-state index < -0.39 is 0 Å². The molecule has 2 aromatic rings. The van der Waals surface area contributed by atoms with Crippen LogP contribution in [0.3, 0.4) is 0 Å². The SMILES string of the molecule is N#Cc1cc(Oc2ccc(C=O)cc2C#N)ccn1. The summed E-state index contributed by atoms with van der Waals surface area (Å²) in [5, 5.41) is 17.7. The first-order valence-electron chi connectivity index (χ1n) is 5.30. The summed E-state index contributed by atoms with van der Waals surface area (Å²) in [4.78, 5) is 14.5. The van der Waals surface area contributed by atoms with Gasteiger partial charge in [-0.1, -0.05) is 0 Å². The summed E-state index contributed by atoms with van der Waals surface area (Å²) >= 11 is 0. The number of hydrogen-bond acceptors (Lipinski definition) is 5. The van der Waals surface area contributed by atoms with Gasteiger partial charge in [0, 0.05) is 17.8 Å².